The maximum Gasteiger partial charge on any atom is 0.308 e. The SMILES string of the molecule is Cc1ccc(-c2[c-]ccc3ccc4ccccc4c23)[c-]c1-c1cnnc[n+]1C.[B].[Y]. The smallest absolute Gasteiger partial charge is 0.262 e. The van der Waals surface area contributed by atoms with Crippen molar-refractivity contribution in [1.82, 2.24) is 10.2 Å². The Labute approximate surface area is 203 Å². The molecule has 0 saturated heterocycles. The molecule has 0 N–H and O–H groups in total. The first-order valence-corrected chi connectivity index (χ1v) is 9.24. The summed E-state index contributed by atoms with van der Waals surface area (Å²) < 4.78 is 1.97. The molecular formula is C25H18BN3Y-. The van der Waals surface area contributed by atoms with Gasteiger partial charge in [-0.05, 0) is 10.5 Å². The van der Waals surface area contributed by atoms with E-state index in [2.05, 4.69) is 83.9 Å². The first-order valence-electron chi connectivity index (χ1n) is 9.24. The minimum absolute atomic E-state index is 0. The summed E-state index contributed by atoms with van der Waals surface area (Å²) in [5, 5.41) is 12.9. The summed E-state index contributed by atoms with van der Waals surface area (Å²) in [5.41, 5.74) is 5.26. The molecular weight excluding hydrogens is 442 g/mol. The molecule has 0 fully saturated rings. The number of benzene rings is 4. The molecule has 0 bridgehead atoms. The molecule has 5 heteroatoms. The van der Waals surface area contributed by atoms with Crippen LogP contribution >= 0.6 is 0 Å². The van der Waals surface area contributed by atoms with Crippen molar-refractivity contribution < 1.29 is 37.3 Å². The second kappa shape index (κ2) is 9.16. The number of nitrogens with zero attached hydrogens (tertiary/aromatic N) is 3. The largest absolute Gasteiger partial charge is 0.308 e. The monoisotopic (exact) mass is 460 g/mol. The van der Waals surface area contributed by atoms with Crippen molar-refractivity contribution in [2.45, 2.75) is 6.92 Å². The summed E-state index contributed by atoms with van der Waals surface area (Å²) >= 11 is 0. The zero-order chi connectivity index (χ0) is 19.1. The first kappa shape index (κ1) is 22.3. The molecule has 1 aromatic heterocycles. The van der Waals surface area contributed by atoms with Crippen molar-refractivity contribution in [2.75, 3.05) is 0 Å². The molecule has 0 aliphatic rings. The van der Waals surface area contributed by atoms with Crippen molar-refractivity contribution >= 4 is 30.0 Å². The summed E-state index contributed by atoms with van der Waals surface area (Å²) in [6.07, 6.45) is 3.50. The fraction of sp³-hybridized carbons (Fsp3) is 0.0800. The first-order chi connectivity index (χ1) is 13.7. The summed E-state index contributed by atoms with van der Waals surface area (Å²) in [7, 11) is 1.97. The van der Waals surface area contributed by atoms with Crippen LogP contribution in [0, 0.1) is 19.1 Å². The molecule has 0 unspecified atom stereocenters. The van der Waals surface area contributed by atoms with E-state index < -0.39 is 0 Å². The Hall–Kier alpha value is -2.42. The van der Waals surface area contributed by atoms with Gasteiger partial charge in [-0.2, -0.15) is 29.8 Å². The second-order valence-corrected chi connectivity index (χ2v) is 7.01. The van der Waals surface area contributed by atoms with E-state index in [4.69, 9.17) is 0 Å². The number of hydrogen-bond acceptors (Lipinski definition) is 2. The van der Waals surface area contributed by atoms with E-state index in [1.54, 1.807) is 12.5 Å². The zero-order valence-corrected chi connectivity index (χ0v) is 19.8. The maximum absolute atomic E-state index is 4.06. The van der Waals surface area contributed by atoms with Gasteiger partial charge >= 0.3 is 6.33 Å². The van der Waals surface area contributed by atoms with Gasteiger partial charge in [-0.3, -0.25) is 4.57 Å². The van der Waals surface area contributed by atoms with Crippen molar-refractivity contribution in [2.24, 2.45) is 7.05 Å². The van der Waals surface area contributed by atoms with E-state index in [0.29, 0.717) is 0 Å². The van der Waals surface area contributed by atoms with Gasteiger partial charge in [0.2, 0.25) is 0 Å². The minimum atomic E-state index is 0. The van der Waals surface area contributed by atoms with E-state index in [9.17, 15) is 0 Å². The number of hydrogen-bond donors (Lipinski definition) is 0. The standard InChI is InChI=1S/C25H18N3.B.Y/c1-17-10-11-20(14-23(17)24-15-26-27-16-28(24)2)22-9-5-7-19-13-12-18-6-3-4-8-21(18)25(19)22;;/h3-8,10-13,15-16H,1-2H3;;/q-1;;. The summed E-state index contributed by atoms with van der Waals surface area (Å²) in [5.74, 6) is 0. The summed E-state index contributed by atoms with van der Waals surface area (Å²) in [6.45, 7) is 2.10. The van der Waals surface area contributed by atoms with Gasteiger partial charge in [-0.15, -0.1) is 28.5 Å². The van der Waals surface area contributed by atoms with Crippen LogP contribution < -0.4 is 4.57 Å². The van der Waals surface area contributed by atoms with Gasteiger partial charge in [0.25, 0.3) is 0 Å². The Balaban J connectivity index is 0.00000128. The Morgan fingerprint density at radius 1 is 0.867 bits per heavy atom. The average molecular weight is 460 g/mol. The Morgan fingerprint density at radius 2 is 1.67 bits per heavy atom. The van der Waals surface area contributed by atoms with Crippen LogP contribution in [0.5, 0.6) is 0 Å². The van der Waals surface area contributed by atoms with E-state index in [-0.39, 0.29) is 41.1 Å². The van der Waals surface area contributed by atoms with Gasteiger partial charge < -0.3 is 0 Å². The van der Waals surface area contributed by atoms with Gasteiger partial charge in [0.1, 0.15) is 0 Å². The van der Waals surface area contributed by atoms with E-state index in [1.807, 2.05) is 17.7 Å². The number of aryl methyl sites for hydroxylation is 2. The molecule has 0 amide bonds. The molecule has 140 valence electrons. The third-order valence-electron chi connectivity index (χ3n) is 5.23. The van der Waals surface area contributed by atoms with Crippen LogP contribution in [-0.4, -0.2) is 18.6 Å². The predicted molar refractivity (Wildman–Crippen MR) is 117 cm³/mol. The average Bonchev–Trinajstić information content (AvgIpc) is 2.74. The molecule has 5 aromatic rings. The zero-order valence-electron chi connectivity index (χ0n) is 16.9. The van der Waals surface area contributed by atoms with E-state index in [0.717, 1.165) is 27.9 Å². The number of rotatable bonds is 2. The molecule has 4 aromatic carbocycles. The molecule has 0 atom stereocenters. The van der Waals surface area contributed by atoms with Crippen LogP contribution in [-0.2, 0) is 39.8 Å². The van der Waals surface area contributed by atoms with Crippen LogP contribution in [0.3, 0.4) is 0 Å². The van der Waals surface area contributed by atoms with Crippen molar-refractivity contribution in [3.63, 3.8) is 0 Å². The quantitative estimate of drug-likeness (QED) is 0.169. The van der Waals surface area contributed by atoms with Crippen molar-refractivity contribution in [1.29, 1.82) is 0 Å². The molecule has 0 aliphatic carbocycles. The second-order valence-electron chi connectivity index (χ2n) is 7.01. The van der Waals surface area contributed by atoms with Crippen LogP contribution in [0.1, 0.15) is 5.56 Å². The summed E-state index contributed by atoms with van der Waals surface area (Å²) in [6, 6.07) is 28.3. The van der Waals surface area contributed by atoms with Gasteiger partial charge in [0.05, 0.1) is 24.0 Å². The van der Waals surface area contributed by atoms with Crippen LogP contribution in [0.25, 0.3) is 43.9 Å². The Kier molecular flexibility index (Phi) is 6.80. The van der Waals surface area contributed by atoms with Gasteiger partial charge in [0.15, 0.2) is 0 Å². The van der Waals surface area contributed by atoms with Gasteiger partial charge in [-0.25, -0.2) is 5.56 Å². The van der Waals surface area contributed by atoms with Gasteiger partial charge in [-0.1, -0.05) is 54.3 Å². The molecule has 3 nitrogen and oxygen atoms in total. The van der Waals surface area contributed by atoms with Crippen molar-refractivity contribution in [3.05, 3.63) is 90.9 Å². The van der Waals surface area contributed by atoms with E-state index in [1.165, 1.54) is 21.5 Å². The molecule has 0 saturated carbocycles. The van der Waals surface area contributed by atoms with Crippen molar-refractivity contribution in [3.8, 4) is 22.4 Å². The fourth-order valence-corrected chi connectivity index (χ4v) is 3.77. The number of fused-ring (bicyclic) bond motifs is 3. The molecule has 5 rings (SSSR count). The Bertz CT molecular complexity index is 1350. The molecule has 30 heavy (non-hydrogen) atoms. The van der Waals surface area contributed by atoms with E-state index >= 15 is 0 Å². The maximum atomic E-state index is 4.06. The third-order valence-corrected chi connectivity index (χ3v) is 5.23. The third kappa shape index (κ3) is 3.82. The molecule has 1 heterocycles. The molecule has 0 aliphatic heterocycles. The predicted octanol–water partition coefficient (Wildman–Crippen LogP) is 4.47. The topological polar surface area (TPSA) is 29.7 Å². The molecule has 4 radical (unpaired) electrons. The normalized spacial score (nSPS) is 10.5. The van der Waals surface area contributed by atoms with Crippen LogP contribution in [0.4, 0.5) is 0 Å². The van der Waals surface area contributed by atoms with Crippen LogP contribution in [0.15, 0.2) is 73.2 Å². The summed E-state index contributed by atoms with van der Waals surface area (Å²) in [4.78, 5) is 0. The molecule has 0 spiro atoms. The fourth-order valence-electron chi connectivity index (χ4n) is 3.77. The minimum Gasteiger partial charge on any atom is -0.262 e. The van der Waals surface area contributed by atoms with Crippen LogP contribution in [0.2, 0.25) is 0 Å². The number of aromatic nitrogens is 3. The Morgan fingerprint density at radius 3 is 2.50 bits per heavy atom. The van der Waals surface area contributed by atoms with Gasteiger partial charge in [0, 0.05) is 41.1 Å².